The van der Waals surface area contributed by atoms with Crippen molar-refractivity contribution in [2.45, 2.75) is 0 Å². The van der Waals surface area contributed by atoms with Gasteiger partial charge in [-0.25, -0.2) is 13.4 Å². The second-order valence-corrected chi connectivity index (χ2v) is 5.36. The van der Waals surface area contributed by atoms with Gasteiger partial charge in [0.05, 0.1) is 17.4 Å². The van der Waals surface area contributed by atoms with Gasteiger partial charge in [-0.05, 0) is 12.1 Å². The number of nitrogens with one attached hydrogen (secondary N) is 1. The van der Waals surface area contributed by atoms with Crippen molar-refractivity contribution in [2.24, 2.45) is 0 Å². The summed E-state index contributed by atoms with van der Waals surface area (Å²) >= 11 is 0. The number of pyridine rings is 1. The van der Waals surface area contributed by atoms with E-state index in [0.717, 1.165) is 0 Å². The van der Waals surface area contributed by atoms with Crippen LogP contribution >= 0.6 is 0 Å². The van der Waals surface area contributed by atoms with Crippen molar-refractivity contribution in [1.29, 1.82) is 5.26 Å². The van der Waals surface area contributed by atoms with Gasteiger partial charge in [-0.3, -0.25) is 0 Å². The van der Waals surface area contributed by atoms with Gasteiger partial charge in [-0.1, -0.05) is 0 Å². The van der Waals surface area contributed by atoms with Crippen LogP contribution in [0.3, 0.4) is 0 Å². The van der Waals surface area contributed by atoms with Gasteiger partial charge in [0.2, 0.25) is 0 Å². The molecule has 1 N–H and O–H groups in total. The SMILES string of the molecule is CS(=O)(=O)CCNc1cc(C#N)ccn1. The van der Waals surface area contributed by atoms with Crippen molar-refractivity contribution >= 4 is 15.7 Å². The van der Waals surface area contributed by atoms with Crippen LogP contribution in [0.5, 0.6) is 0 Å². The molecule has 0 unspecified atom stereocenters. The van der Waals surface area contributed by atoms with E-state index in [4.69, 9.17) is 5.26 Å². The lowest BCUT2D eigenvalue weighted by atomic mass is 10.3. The summed E-state index contributed by atoms with van der Waals surface area (Å²) in [7, 11) is -2.97. The number of anilines is 1. The summed E-state index contributed by atoms with van der Waals surface area (Å²) in [6.45, 7) is 0.292. The monoisotopic (exact) mass is 225 g/mol. The largest absolute Gasteiger partial charge is 0.369 e. The highest BCUT2D eigenvalue weighted by Crippen LogP contribution is 2.04. The first-order valence-electron chi connectivity index (χ1n) is 4.29. The summed E-state index contributed by atoms with van der Waals surface area (Å²) in [5.74, 6) is 0.559. The average Bonchev–Trinajstić information content (AvgIpc) is 2.16. The van der Waals surface area contributed by atoms with E-state index in [1.54, 1.807) is 12.1 Å². The Hall–Kier alpha value is -1.61. The topological polar surface area (TPSA) is 82.9 Å². The first-order chi connectivity index (χ1) is 7.01. The quantitative estimate of drug-likeness (QED) is 0.802. The lowest BCUT2D eigenvalue weighted by Crippen LogP contribution is -2.14. The average molecular weight is 225 g/mol. The lowest BCUT2D eigenvalue weighted by molar-refractivity contribution is 0.602. The summed E-state index contributed by atoms with van der Waals surface area (Å²) in [5, 5.41) is 11.4. The predicted molar refractivity (Wildman–Crippen MR) is 57.2 cm³/mol. The standard InChI is InChI=1S/C9H11N3O2S/c1-15(13,14)5-4-12-9-6-8(7-10)2-3-11-9/h2-3,6H,4-5H2,1H3,(H,11,12). The van der Waals surface area contributed by atoms with E-state index >= 15 is 0 Å². The Labute approximate surface area is 88.7 Å². The van der Waals surface area contributed by atoms with E-state index in [9.17, 15) is 8.42 Å². The molecule has 0 aromatic carbocycles. The van der Waals surface area contributed by atoms with Gasteiger partial charge in [0, 0.05) is 19.0 Å². The third kappa shape index (κ3) is 4.42. The van der Waals surface area contributed by atoms with Crippen LogP contribution in [0.1, 0.15) is 5.56 Å². The molecule has 0 fully saturated rings. The van der Waals surface area contributed by atoms with E-state index in [-0.39, 0.29) is 5.75 Å². The molecule has 80 valence electrons. The summed E-state index contributed by atoms with van der Waals surface area (Å²) in [6.07, 6.45) is 2.68. The van der Waals surface area contributed by atoms with Crippen molar-refractivity contribution in [3.05, 3.63) is 23.9 Å². The van der Waals surface area contributed by atoms with Crippen LogP contribution in [0.15, 0.2) is 18.3 Å². The van der Waals surface area contributed by atoms with Crippen LogP contribution in [0.2, 0.25) is 0 Å². The summed E-state index contributed by atoms with van der Waals surface area (Å²) < 4.78 is 21.7. The van der Waals surface area contributed by atoms with E-state index in [1.807, 2.05) is 6.07 Å². The van der Waals surface area contributed by atoms with Gasteiger partial charge < -0.3 is 5.32 Å². The molecule has 6 heteroatoms. The molecule has 0 aliphatic rings. The van der Waals surface area contributed by atoms with Crippen molar-refractivity contribution < 1.29 is 8.42 Å². The summed E-state index contributed by atoms with van der Waals surface area (Å²) in [6, 6.07) is 5.13. The van der Waals surface area contributed by atoms with Gasteiger partial charge in [-0.15, -0.1) is 0 Å². The first-order valence-corrected chi connectivity index (χ1v) is 6.35. The molecular weight excluding hydrogens is 214 g/mol. The molecule has 5 nitrogen and oxygen atoms in total. The van der Waals surface area contributed by atoms with Crippen molar-refractivity contribution in [3.8, 4) is 6.07 Å². The molecule has 1 rings (SSSR count). The summed E-state index contributed by atoms with van der Waals surface area (Å²) in [5.41, 5.74) is 0.492. The maximum absolute atomic E-state index is 10.8. The number of aromatic nitrogens is 1. The third-order valence-electron chi connectivity index (χ3n) is 1.67. The number of hydrogen-bond donors (Lipinski definition) is 1. The molecule has 1 heterocycles. The van der Waals surface area contributed by atoms with Crippen molar-refractivity contribution in [2.75, 3.05) is 23.9 Å². The fourth-order valence-corrected chi connectivity index (χ4v) is 1.43. The molecule has 0 radical (unpaired) electrons. The molecule has 0 aliphatic heterocycles. The Morgan fingerprint density at radius 1 is 1.60 bits per heavy atom. The normalized spacial score (nSPS) is 10.7. The molecule has 0 amide bonds. The van der Waals surface area contributed by atoms with E-state index < -0.39 is 9.84 Å². The fraction of sp³-hybridized carbons (Fsp3) is 0.333. The number of sulfone groups is 1. The molecule has 1 aromatic rings. The predicted octanol–water partition coefficient (Wildman–Crippen LogP) is 0.410. The first kappa shape index (κ1) is 11.5. The van der Waals surface area contributed by atoms with Crippen LogP contribution in [-0.4, -0.2) is 32.0 Å². The molecule has 0 atom stereocenters. The minimum absolute atomic E-state index is 0.0471. The molecule has 0 aliphatic carbocycles. The van der Waals surface area contributed by atoms with Crippen LogP contribution in [0.4, 0.5) is 5.82 Å². The van der Waals surface area contributed by atoms with E-state index in [1.165, 1.54) is 12.5 Å². The number of rotatable bonds is 4. The zero-order chi connectivity index (χ0) is 11.3. The van der Waals surface area contributed by atoms with Crippen molar-refractivity contribution in [1.82, 2.24) is 4.98 Å². The van der Waals surface area contributed by atoms with Gasteiger partial charge in [0.15, 0.2) is 0 Å². The Balaban J connectivity index is 2.55. The number of nitriles is 1. The van der Waals surface area contributed by atoms with Gasteiger partial charge in [0.1, 0.15) is 15.7 Å². The van der Waals surface area contributed by atoms with Crippen molar-refractivity contribution in [3.63, 3.8) is 0 Å². The Bertz CT molecular complexity index is 476. The highest BCUT2D eigenvalue weighted by Gasteiger charge is 2.01. The lowest BCUT2D eigenvalue weighted by Gasteiger charge is -2.03. The Morgan fingerprint density at radius 2 is 2.33 bits per heavy atom. The zero-order valence-corrected chi connectivity index (χ0v) is 9.08. The second-order valence-electron chi connectivity index (χ2n) is 3.10. The molecule has 0 bridgehead atoms. The molecule has 0 saturated heterocycles. The molecule has 0 saturated carbocycles. The Morgan fingerprint density at radius 3 is 2.93 bits per heavy atom. The van der Waals surface area contributed by atoms with Crippen LogP contribution in [-0.2, 0) is 9.84 Å². The maximum atomic E-state index is 10.8. The van der Waals surface area contributed by atoms with Gasteiger partial charge in [-0.2, -0.15) is 5.26 Å². The zero-order valence-electron chi connectivity index (χ0n) is 8.27. The second kappa shape index (κ2) is 4.75. The molecule has 15 heavy (non-hydrogen) atoms. The van der Waals surface area contributed by atoms with Gasteiger partial charge >= 0.3 is 0 Å². The van der Waals surface area contributed by atoms with Crippen LogP contribution < -0.4 is 5.32 Å². The highest BCUT2D eigenvalue weighted by atomic mass is 32.2. The molecule has 1 aromatic heterocycles. The maximum Gasteiger partial charge on any atom is 0.149 e. The number of hydrogen-bond acceptors (Lipinski definition) is 5. The highest BCUT2D eigenvalue weighted by molar-refractivity contribution is 7.90. The molecule has 0 spiro atoms. The third-order valence-corrected chi connectivity index (χ3v) is 2.61. The van der Waals surface area contributed by atoms with Gasteiger partial charge in [0.25, 0.3) is 0 Å². The smallest absolute Gasteiger partial charge is 0.149 e. The van der Waals surface area contributed by atoms with E-state index in [2.05, 4.69) is 10.3 Å². The minimum atomic E-state index is -2.97. The van der Waals surface area contributed by atoms with E-state index in [0.29, 0.717) is 17.9 Å². The summed E-state index contributed by atoms with van der Waals surface area (Å²) in [4.78, 5) is 3.95. The van der Waals surface area contributed by atoms with Crippen LogP contribution in [0, 0.1) is 11.3 Å². The minimum Gasteiger partial charge on any atom is -0.369 e. The molecular formula is C9H11N3O2S. The number of nitrogens with zero attached hydrogens (tertiary/aromatic N) is 2. The van der Waals surface area contributed by atoms with Crippen LogP contribution in [0.25, 0.3) is 0 Å². The Kier molecular flexibility index (Phi) is 3.63. The fourth-order valence-electron chi connectivity index (χ4n) is 0.961.